The first kappa shape index (κ1) is 15.8. The number of methoxy groups -OCH3 is 1. The Balaban J connectivity index is 2.54. The van der Waals surface area contributed by atoms with Crippen molar-refractivity contribution in [2.75, 3.05) is 38.8 Å². The van der Waals surface area contributed by atoms with E-state index in [-0.39, 0.29) is 5.75 Å². The van der Waals surface area contributed by atoms with Crippen LogP contribution in [0.15, 0.2) is 0 Å². The van der Waals surface area contributed by atoms with E-state index in [9.17, 15) is 8.42 Å². The van der Waals surface area contributed by atoms with Crippen LogP contribution in [0.2, 0.25) is 0 Å². The third kappa shape index (κ3) is 3.85. The van der Waals surface area contributed by atoms with Gasteiger partial charge in [-0.25, -0.2) is 12.7 Å². The molecule has 0 saturated carbocycles. The van der Waals surface area contributed by atoms with E-state index in [4.69, 9.17) is 10.00 Å². The highest BCUT2D eigenvalue weighted by molar-refractivity contribution is 8.00. The van der Waals surface area contributed by atoms with Crippen LogP contribution >= 0.6 is 11.8 Å². The van der Waals surface area contributed by atoms with Crippen molar-refractivity contribution < 1.29 is 13.2 Å². The van der Waals surface area contributed by atoms with E-state index in [0.29, 0.717) is 39.0 Å². The minimum absolute atomic E-state index is 0.125. The summed E-state index contributed by atoms with van der Waals surface area (Å²) in [6.07, 6.45) is 3.63. The quantitative estimate of drug-likeness (QED) is 0.685. The molecule has 18 heavy (non-hydrogen) atoms. The Labute approximate surface area is 114 Å². The van der Waals surface area contributed by atoms with E-state index >= 15 is 0 Å². The van der Waals surface area contributed by atoms with Gasteiger partial charge in [-0.05, 0) is 25.5 Å². The van der Waals surface area contributed by atoms with Crippen molar-refractivity contribution in [3.8, 4) is 6.07 Å². The standard InChI is InChI=1S/C11H20N2O3S2/c1-16-8-3-9-18(14,15)13-6-4-11(10-12,17-2)5-7-13/h3-9H2,1-2H3. The molecule has 0 aromatic heterocycles. The zero-order chi connectivity index (χ0) is 13.6. The molecule has 1 heterocycles. The fourth-order valence-corrected chi connectivity index (χ4v) is 4.16. The first-order valence-electron chi connectivity index (χ1n) is 5.93. The maximum Gasteiger partial charge on any atom is 0.214 e. The molecule has 0 spiro atoms. The molecule has 0 radical (unpaired) electrons. The minimum atomic E-state index is -3.19. The van der Waals surface area contributed by atoms with E-state index in [2.05, 4.69) is 6.07 Å². The third-order valence-corrected chi connectivity index (χ3v) is 6.51. The Morgan fingerprint density at radius 3 is 2.50 bits per heavy atom. The number of hydrogen-bond donors (Lipinski definition) is 0. The van der Waals surface area contributed by atoms with Gasteiger partial charge < -0.3 is 4.74 Å². The Kier molecular flexibility index (Phi) is 5.92. The molecule has 0 amide bonds. The van der Waals surface area contributed by atoms with Crippen molar-refractivity contribution in [3.63, 3.8) is 0 Å². The number of hydrogen-bond acceptors (Lipinski definition) is 5. The molecule has 1 fully saturated rings. The van der Waals surface area contributed by atoms with Crippen molar-refractivity contribution in [1.29, 1.82) is 5.26 Å². The van der Waals surface area contributed by atoms with Gasteiger partial charge in [0.2, 0.25) is 10.0 Å². The summed E-state index contributed by atoms with van der Waals surface area (Å²) in [7, 11) is -1.62. The second kappa shape index (κ2) is 6.75. The topological polar surface area (TPSA) is 70.4 Å². The Morgan fingerprint density at radius 1 is 1.44 bits per heavy atom. The molecular formula is C11H20N2O3S2. The van der Waals surface area contributed by atoms with Crippen molar-refractivity contribution in [1.82, 2.24) is 4.31 Å². The van der Waals surface area contributed by atoms with E-state index in [1.165, 1.54) is 16.1 Å². The number of ether oxygens (including phenoxy) is 1. The van der Waals surface area contributed by atoms with Crippen LogP contribution in [0, 0.1) is 11.3 Å². The van der Waals surface area contributed by atoms with Crippen LogP contribution in [0.4, 0.5) is 0 Å². The monoisotopic (exact) mass is 292 g/mol. The van der Waals surface area contributed by atoms with Crippen LogP contribution in [-0.2, 0) is 14.8 Å². The van der Waals surface area contributed by atoms with Crippen molar-refractivity contribution in [2.45, 2.75) is 24.0 Å². The number of sulfonamides is 1. The molecule has 0 aromatic carbocycles. The third-order valence-electron chi connectivity index (χ3n) is 3.27. The van der Waals surface area contributed by atoms with Gasteiger partial charge in [-0.15, -0.1) is 11.8 Å². The van der Waals surface area contributed by atoms with Crippen LogP contribution in [0.1, 0.15) is 19.3 Å². The van der Waals surface area contributed by atoms with Gasteiger partial charge in [-0.3, -0.25) is 0 Å². The average molecular weight is 292 g/mol. The SMILES string of the molecule is COCCCS(=O)(=O)N1CCC(C#N)(SC)CC1. The fraction of sp³-hybridized carbons (Fsp3) is 0.909. The zero-order valence-corrected chi connectivity index (χ0v) is 12.5. The lowest BCUT2D eigenvalue weighted by Crippen LogP contribution is -2.45. The van der Waals surface area contributed by atoms with E-state index < -0.39 is 14.8 Å². The molecule has 0 unspecified atom stereocenters. The summed E-state index contributed by atoms with van der Waals surface area (Å²) in [4.78, 5) is 0. The van der Waals surface area contributed by atoms with Crippen LogP contribution in [0.25, 0.3) is 0 Å². The van der Waals surface area contributed by atoms with Gasteiger partial charge in [0.1, 0.15) is 4.75 Å². The molecule has 0 bridgehead atoms. The number of nitrogens with zero attached hydrogens (tertiary/aromatic N) is 2. The predicted octanol–water partition coefficient (Wildman–Crippen LogP) is 1.07. The normalized spacial score (nSPS) is 20.5. The number of rotatable bonds is 6. The predicted molar refractivity (Wildman–Crippen MR) is 72.9 cm³/mol. The molecule has 1 rings (SSSR count). The Morgan fingerprint density at radius 2 is 2.06 bits per heavy atom. The summed E-state index contributed by atoms with van der Waals surface area (Å²) in [5.74, 6) is 0.125. The summed E-state index contributed by atoms with van der Waals surface area (Å²) in [5.41, 5.74) is 0. The lowest BCUT2D eigenvalue weighted by molar-refractivity contribution is 0.199. The molecule has 0 aromatic rings. The molecule has 1 aliphatic heterocycles. The molecule has 5 nitrogen and oxygen atoms in total. The Bertz CT molecular complexity index is 395. The van der Waals surface area contributed by atoms with Crippen molar-refractivity contribution in [3.05, 3.63) is 0 Å². The van der Waals surface area contributed by atoms with Crippen LogP contribution in [-0.4, -0.2) is 56.3 Å². The Hall–Kier alpha value is -0.290. The number of piperidine rings is 1. The van der Waals surface area contributed by atoms with Gasteiger partial charge in [-0.1, -0.05) is 0 Å². The van der Waals surface area contributed by atoms with Crippen LogP contribution in [0.3, 0.4) is 0 Å². The molecular weight excluding hydrogens is 272 g/mol. The fourth-order valence-electron chi connectivity index (χ4n) is 2.00. The van der Waals surface area contributed by atoms with Gasteiger partial charge in [-0.2, -0.15) is 5.26 Å². The van der Waals surface area contributed by atoms with E-state index in [1.54, 1.807) is 7.11 Å². The summed E-state index contributed by atoms with van der Waals surface area (Å²) in [6, 6.07) is 2.31. The average Bonchev–Trinajstić information content (AvgIpc) is 2.39. The number of thioether (sulfide) groups is 1. The second-order valence-corrected chi connectivity index (χ2v) is 7.65. The van der Waals surface area contributed by atoms with Crippen molar-refractivity contribution in [2.24, 2.45) is 0 Å². The highest BCUT2D eigenvalue weighted by Gasteiger charge is 2.37. The second-order valence-electron chi connectivity index (χ2n) is 4.37. The summed E-state index contributed by atoms with van der Waals surface area (Å²) < 4.78 is 30.0. The summed E-state index contributed by atoms with van der Waals surface area (Å²) in [5, 5.41) is 9.15. The number of nitriles is 1. The molecule has 7 heteroatoms. The van der Waals surface area contributed by atoms with Gasteiger partial charge in [0, 0.05) is 26.8 Å². The smallest absolute Gasteiger partial charge is 0.214 e. The van der Waals surface area contributed by atoms with Crippen LogP contribution in [0.5, 0.6) is 0 Å². The maximum atomic E-state index is 12.0. The molecule has 0 N–H and O–H groups in total. The van der Waals surface area contributed by atoms with Gasteiger partial charge in [0.05, 0.1) is 11.8 Å². The zero-order valence-electron chi connectivity index (χ0n) is 10.9. The largest absolute Gasteiger partial charge is 0.385 e. The molecule has 1 aliphatic rings. The lowest BCUT2D eigenvalue weighted by Gasteiger charge is -2.35. The first-order chi connectivity index (χ1) is 8.49. The summed E-state index contributed by atoms with van der Waals surface area (Å²) >= 11 is 1.52. The van der Waals surface area contributed by atoms with Crippen LogP contribution < -0.4 is 0 Å². The highest BCUT2D eigenvalue weighted by Crippen LogP contribution is 2.34. The molecule has 104 valence electrons. The minimum Gasteiger partial charge on any atom is -0.385 e. The first-order valence-corrected chi connectivity index (χ1v) is 8.76. The van der Waals surface area contributed by atoms with E-state index in [1.807, 2.05) is 6.26 Å². The van der Waals surface area contributed by atoms with E-state index in [0.717, 1.165) is 0 Å². The maximum absolute atomic E-state index is 12.0. The van der Waals surface area contributed by atoms with Gasteiger partial charge >= 0.3 is 0 Å². The highest BCUT2D eigenvalue weighted by atomic mass is 32.2. The molecule has 1 saturated heterocycles. The van der Waals surface area contributed by atoms with Gasteiger partial charge in [0.15, 0.2) is 0 Å². The lowest BCUT2D eigenvalue weighted by atomic mass is 9.99. The molecule has 0 aliphatic carbocycles. The van der Waals surface area contributed by atoms with Crippen molar-refractivity contribution >= 4 is 21.8 Å². The van der Waals surface area contributed by atoms with Gasteiger partial charge in [0.25, 0.3) is 0 Å². The summed E-state index contributed by atoms with van der Waals surface area (Å²) in [6.45, 7) is 1.35. The molecule has 0 atom stereocenters.